The first kappa shape index (κ1) is 19.2. The lowest BCUT2D eigenvalue weighted by Gasteiger charge is -2.31. The van der Waals surface area contributed by atoms with Crippen molar-refractivity contribution in [3.05, 3.63) is 78.4 Å². The molecule has 0 heterocycles. The van der Waals surface area contributed by atoms with Crippen molar-refractivity contribution in [1.82, 2.24) is 10.9 Å². The van der Waals surface area contributed by atoms with Crippen LogP contribution < -0.4 is 15.6 Å². The molecule has 2 aromatic rings. The Morgan fingerprint density at radius 2 is 1.73 bits per heavy atom. The lowest BCUT2D eigenvalue weighted by atomic mass is 9.87. The van der Waals surface area contributed by atoms with Crippen LogP contribution in [0.2, 0.25) is 0 Å². The second-order valence-corrected chi connectivity index (χ2v) is 5.56. The van der Waals surface area contributed by atoms with Gasteiger partial charge in [-0.25, -0.2) is 10.2 Å². The molecule has 2 N–H and O–H groups in total. The average Bonchev–Trinajstić information content (AvgIpc) is 2.71. The number of carbonyl (C=O) groups excluding carboxylic acids is 2. The Bertz CT molecular complexity index is 759. The summed E-state index contributed by atoms with van der Waals surface area (Å²) in [4.78, 5) is 25.0. The van der Waals surface area contributed by atoms with Crippen molar-refractivity contribution in [3.63, 3.8) is 0 Å². The Balaban J connectivity index is 2.34. The third-order valence-corrected chi connectivity index (χ3v) is 3.99. The summed E-state index contributed by atoms with van der Waals surface area (Å²) in [6.07, 6.45) is 1.80. The zero-order valence-electron chi connectivity index (χ0n) is 14.8. The van der Waals surface area contributed by atoms with Crippen LogP contribution in [0.15, 0.2) is 67.3 Å². The van der Waals surface area contributed by atoms with E-state index >= 15 is 0 Å². The van der Waals surface area contributed by atoms with Gasteiger partial charge < -0.3 is 9.47 Å². The predicted octanol–water partition coefficient (Wildman–Crippen LogP) is 2.57. The minimum absolute atomic E-state index is 0.209. The molecule has 0 aliphatic rings. The van der Waals surface area contributed by atoms with Gasteiger partial charge in [0.2, 0.25) is 0 Å². The molecule has 1 atom stereocenters. The maximum atomic E-state index is 12.6. The second kappa shape index (κ2) is 8.82. The van der Waals surface area contributed by atoms with E-state index in [1.54, 1.807) is 61.7 Å². The quantitative estimate of drug-likeness (QED) is 0.433. The highest BCUT2D eigenvalue weighted by Crippen LogP contribution is 2.28. The fourth-order valence-electron chi connectivity index (χ4n) is 2.58. The lowest BCUT2D eigenvalue weighted by Crippen LogP contribution is -2.57. The summed E-state index contributed by atoms with van der Waals surface area (Å²) >= 11 is 0. The molecule has 0 saturated heterocycles. The molecule has 0 aliphatic heterocycles. The minimum Gasteiger partial charge on any atom is -0.497 e. The summed E-state index contributed by atoms with van der Waals surface area (Å²) in [5, 5.41) is 0. The van der Waals surface area contributed by atoms with Crippen molar-refractivity contribution < 1.29 is 19.1 Å². The molecule has 26 heavy (non-hydrogen) atoms. The maximum absolute atomic E-state index is 12.6. The van der Waals surface area contributed by atoms with Crippen LogP contribution in [0.5, 0.6) is 5.75 Å². The summed E-state index contributed by atoms with van der Waals surface area (Å²) < 4.78 is 10.1. The van der Waals surface area contributed by atoms with Gasteiger partial charge in [0.1, 0.15) is 5.75 Å². The topological polar surface area (TPSA) is 76.7 Å². The van der Waals surface area contributed by atoms with Crippen LogP contribution in [0, 0.1) is 0 Å². The predicted molar refractivity (Wildman–Crippen MR) is 98.5 cm³/mol. The zero-order chi connectivity index (χ0) is 19.0. The van der Waals surface area contributed by atoms with E-state index < -0.39 is 11.5 Å². The SMILES string of the molecule is C=CCC(NNC(=O)c1ccccc1)(C(=O)OC)c1ccc(OC)cc1. The Hall–Kier alpha value is -3.12. The highest BCUT2D eigenvalue weighted by Gasteiger charge is 2.41. The summed E-state index contributed by atoms with van der Waals surface area (Å²) in [6, 6.07) is 15.6. The molecule has 0 bridgehead atoms. The average molecular weight is 354 g/mol. The van der Waals surface area contributed by atoms with E-state index in [1.165, 1.54) is 7.11 Å². The van der Waals surface area contributed by atoms with E-state index in [9.17, 15) is 9.59 Å². The monoisotopic (exact) mass is 354 g/mol. The van der Waals surface area contributed by atoms with Crippen molar-refractivity contribution in [3.8, 4) is 5.75 Å². The number of esters is 1. The smallest absolute Gasteiger partial charge is 0.332 e. The van der Waals surface area contributed by atoms with Gasteiger partial charge in [0, 0.05) is 5.56 Å². The summed E-state index contributed by atoms with van der Waals surface area (Å²) in [7, 11) is 2.86. The number of carbonyl (C=O) groups is 2. The van der Waals surface area contributed by atoms with Gasteiger partial charge in [0.15, 0.2) is 5.54 Å². The minimum atomic E-state index is -1.31. The summed E-state index contributed by atoms with van der Waals surface area (Å²) in [5.41, 5.74) is 5.21. The second-order valence-electron chi connectivity index (χ2n) is 5.56. The molecule has 2 rings (SSSR count). The fourth-order valence-corrected chi connectivity index (χ4v) is 2.58. The molecule has 2 aromatic carbocycles. The van der Waals surface area contributed by atoms with Crippen LogP contribution >= 0.6 is 0 Å². The van der Waals surface area contributed by atoms with Crippen LogP contribution in [-0.4, -0.2) is 26.1 Å². The molecular formula is C20H22N2O4. The number of amides is 1. The van der Waals surface area contributed by atoms with Crippen molar-refractivity contribution >= 4 is 11.9 Å². The third kappa shape index (κ3) is 4.10. The van der Waals surface area contributed by atoms with Gasteiger partial charge in [-0.15, -0.1) is 6.58 Å². The highest BCUT2D eigenvalue weighted by atomic mass is 16.5. The Labute approximate surface area is 152 Å². The number of benzene rings is 2. The van der Waals surface area contributed by atoms with Crippen molar-refractivity contribution in [2.24, 2.45) is 0 Å². The molecule has 0 aromatic heterocycles. The molecule has 0 fully saturated rings. The van der Waals surface area contributed by atoms with Gasteiger partial charge in [-0.1, -0.05) is 36.4 Å². The molecule has 136 valence electrons. The van der Waals surface area contributed by atoms with Gasteiger partial charge in [0.25, 0.3) is 5.91 Å². The van der Waals surface area contributed by atoms with E-state index in [1.807, 2.05) is 6.07 Å². The number of hydrogen-bond donors (Lipinski definition) is 2. The molecule has 0 radical (unpaired) electrons. The largest absolute Gasteiger partial charge is 0.497 e. The number of methoxy groups -OCH3 is 2. The zero-order valence-corrected chi connectivity index (χ0v) is 14.8. The maximum Gasteiger partial charge on any atom is 0.332 e. The molecule has 0 aliphatic carbocycles. The van der Waals surface area contributed by atoms with E-state index in [4.69, 9.17) is 9.47 Å². The van der Waals surface area contributed by atoms with Gasteiger partial charge in [-0.3, -0.25) is 10.2 Å². The van der Waals surface area contributed by atoms with E-state index in [2.05, 4.69) is 17.4 Å². The van der Waals surface area contributed by atoms with Crippen LogP contribution in [0.1, 0.15) is 22.3 Å². The standard InChI is InChI=1S/C20H22N2O4/c1-4-14-20(19(24)26-3,16-10-12-17(25-2)13-11-16)22-21-18(23)15-8-6-5-7-9-15/h4-13,22H,1,14H2,2-3H3,(H,21,23). The summed E-state index contributed by atoms with van der Waals surface area (Å²) in [6.45, 7) is 3.72. The van der Waals surface area contributed by atoms with Gasteiger partial charge in [-0.05, 0) is 36.2 Å². The first-order valence-electron chi connectivity index (χ1n) is 8.04. The lowest BCUT2D eigenvalue weighted by molar-refractivity contribution is -0.149. The number of hydrazine groups is 1. The van der Waals surface area contributed by atoms with Crippen LogP contribution in [0.25, 0.3) is 0 Å². The first-order valence-corrected chi connectivity index (χ1v) is 8.04. The number of nitrogens with one attached hydrogen (secondary N) is 2. The van der Waals surface area contributed by atoms with Crippen molar-refractivity contribution in [1.29, 1.82) is 0 Å². The Morgan fingerprint density at radius 1 is 1.08 bits per heavy atom. The van der Waals surface area contributed by atoms with Gasteiger partial charge in [0.05, 0.1) is 14.2 Å². The Kier molecular flexibility index (Phi) is 6.52. The van der Waals surface area contributed by atoms with Crippen molar-refractivity contribution in [2.75, 3.05) is 14.2 Å². The molecule has 0 saturated carbocycles. The fraction of sp³-hybridized carbons (Fsp3) is 0.200. The third-order valence-electron chi connectivity index (χ3n) is 3.99. The highest BCUT2D eigenvalue weighted by molar-refractivity contribution is 5.94. The van der Waals surface area contributed by atoms with Crippen molar-refractivity contribution in [2.45, 2.75) is 12.0 Å². The molecule has 1 amide bonds. The van der Waals surface area contributed by atoms with Gasteiger partial charge >= 0.3 is 5.97 Å². The summed E-state index contributed by atoms with van der Waals surface area (Å²) in [5.74, 6) is -0.258. The van der Waals surface area contributed by atoms with E-state index in [0.717, 1.165) is 0 Å². The van der Waals surface area contributed by atoms with E-state index in [-0.39, 0.29) is 12.3 Å². The van der Waals surface area contributed by atoms with Gasteiger partial charge in [-0.2, -0.15) is 0 Å². The molecule has 6 heteroatoms. The number of rotatable bonds is 8. The molecule has 1 unspecified atom stereocenters. The number of ether oxygens (including phenoxy) is 2. The van der Waals surface area contributed by atoms with Crippen LogP contribution in [0.3, 0.4) is 0 Å². The van der Waals surface area contributed by atoms with Crippen LogP contribution in [0.4, 0.5) is 0 Å². The first-order chi connectivity index (χ1) is 12.6. The molecule has 6 nitrogen and oxygen atoms in total. The van der Waals surface area contributed by atoms with E-state index in [0.29, 0.717) is 16.9 Å². The molecule has 0 spiro atoms. The van der Waals surface area contributed by atoms with Crippen LogP contribution in [-0.2, 0) is 15.1 Å². The number of hydrogen-bond acceptors (Lipinski definition) is 5. The normalized spacial score (nSPS) is 12.5. The molecular weight excluding hydrogens is 332 g/mol. The Morgan fingerprint density at radius 3 is 2.27 bits per heavy atom.